The summed E-state index contributed by atoms with van der Waals surface area (Å²) >= 11 is 0. The standard InChI is InChI=1S/C61H42O/c1-3-11-42(12-4-1)44-21-25-46(26-22-44)48-29-35-51(36-30-48)60(52-37-31-49(32-38-52)47-27-23-45(24-28-47)43-13-5-2-6-14-43)53-39-33-50(34-40-53)54-15-9-16-55(41-54)56-18-10-19-58-57-17-7-8-20-59(57)62-61(56)58/h1-41,60H. The van der Waals surface area contributed by atoms with E-state index in [0.29, 0.717) is 0 Å². The van der Waals surface area contributed by atoms with Crippen LogP contribution >= 0.6 is 0 Å². The fourth-order valence-electron chi connectivity index (χ4n) is 8.99. The Morgan fingerprint density at radius 1 is 0.242 bits per heavy atom. The molecule has 11 aromatic rings. The average molecular weight is 791 g/mol. The first kappa shape index (κ1) is 37.0. The van der Waals surface area contributed by atoms with Crippen molar-refractivity contribution in [1.82, 2.24) is 0 Å². The smallest absolute Gasteiger partial charge is 0.143 e. The molecule has 0 aliphatic carbocycles. The summed E-state index contributed by atoms with van der Waals surface area (Å²) in [4.78, 5) is 0. The van der Waals surface area contributed by atoms with Crippen molar-refractivity contribution in [2.75, 3.05) is 0 Å². The molecule has 1 heteroatoms. The Morgan fingerprint density at radius 2 is 0.581 bits per heavy atom. The molecule has 0 fully saturated rings. The first-order valence-corrected chi connectivity index (χ1v) is 21.3. The van der Waals surface area contributed by atoms with Crippen LogP contribution in [0.4, 0.5) is 0 Å². The fourth-order valence-corrected chi connectivity index (χ4v) is 8.99. The van der Waals surface area contributed by atoms with Crippen molar-refractivity contribution in [2.45, 2.75) is 5.92 Å². The number of hydrogen-bond donors (Lipinski definition) is 0. The van der Waals surface area contributed by atoms with Crippen molar-refractivity contribution in [3.63, 3.8) is 0 Å². The average Bonchev–Trinajstić information content (AvgIpc) is 3.75. The van der Waals surface area contributed by atoms with Crippen LogP contribution < -0.4 is 0 Å². The van der Waals surface area contributed by atoms with Gasteiger partial charge in [0.25, 0.3) is 0 Å². The maximum atomic E-state index is 6.42. The van der Waals surface area contributed by atoms with Gasteiger partial charge in [-0.2, -0.15) is 0 Å². The molecular formula is C61H42O. The second-order valence-electron chi connectivity index (χ2n) is 16.0. The zero-order valence-corrected chi connectivity index (χ0v) is 34.2. The van der Waals surface area contributed by atoms with Gasteiger partial charge in [-0.15, -0.1) is 0 Å². The van der Waals surface area contributed by atoms with Crippen molar-refractivity contribution in [3.8, 4) is 66.8 Å². The number of para-hydroxylation sites is 2. The SMILES string of the molecule is c1ccc(-c2ccc(-c3ccc(C(c4ccc(-c5ccc(-c6ccccc6)cc5)cc4)c4ccc(-c5cccc(-c6cccc7c6oc6ccccc67)c5)cc4)cc3)cc2)cc1. The quantitative estimate of drug-likeness (QED) is 0.133. The Kier molecular flexibility index (Phi) is 9.69. The molecule has 1 nitrogen and oxygen atoms in total. The van der Waals surface area contributed by atoms with E-state index in [1.807, 2.05) is 12.1 Å². The van der Waals surface area contributed by atoms with E-state index in [2.05, 4.69) is 237 Å². The molecule has 10 aromatic carbocycles. The number of fused-ring (bicyclic) bond motifs is 3. The van der Waals surface area contributed by atoms with Crippen LogP contribution in [0.3, 0.4) is 0 Å². The van der Waals surface area contributed by atoms with Crippen LogP contribution in [0.25, 0.3) is 88.7 Å². The van der Waals surface area contributed by atoms with Gasteiger partial charge in [0.15, 0.2) is 0 Å². The summed E-state index contributed by atoms with van der Waals surface area (Å²) in [5.41, 5.74) is 19.9. The van der Waals surface area contributed by atoms with Crippen molar-refractivity contribution < 1.29 is 4.42 Å². The lowest BCUT2D eigenvalue weighted by molar-refractivity contribution is 0.670. The lowest BCUT2D eigenvalue weighted by Crippen LogP contribution is -2.03. The Morgan fingerprint density at radius 3 is 1.06 bits per heavy atom. The molecule has 0 saturated heterocycles. The number of rotatable bonds is 9. The predicted molar refractivity (Wildman–Crippen MR) is 260 cm³/mol. The summed E-state index contributed by atoms with van der Waals surface area (Å²) in [6.45, 7) is 0. The Hall–Kier alpha value is -8.00. The zero-order chi connectivity index (χ0) is 41.2. The highest BCUT2D eigenvalue weighted by Crippen LogP contribution is 2.39. The molecule has 1 heterocycles. The van der Waals surface area contributed by atoms with Crippen LogP contribution in [0, 0.1) is 0 Å². The largest absolute Gasteiger partial charge is 0.455 e. The van der Waals surface area contributed by atoms with Gasteiger partial charge in [0.05, 0.1) is 0 Å². The molecule has 0 radical (unpaired) electrons. The molecule has 0 unspecified atom stereocenters. The lowest BCUT2D eigenvalue weighted by atomic mass is 9.83. The summed E-state index contributed by atoms with van der Waals surface area (Å²) in [7, 11) is 0. The molecule has 11 rings (SSSR count). The fraction of sp³-hybridized carbons (Fsp3) is 0.0164. The van der Waals surface area contributed by atoms with E-state index in [9.17, 15) is 0 Å². The summed E-state index contributed by atoms with van der Waals surface area (Å²) in [6.07, 6.45) is 0. The van der Waals surface area contributed by atoms with Crippen LogP contribution in [-0.2, 0) is 0 Å². The predicted octanol–water partition coefficient (Wildman–Crippen LogP) is 16.8. The van der Waals surface area contributed by atoms with Crippen molar-refractivity contribution in [3.05, 3.63) is 265 Å². The zero-order valence-electron chi connectivity index (χ0n) is 34.2. The number of hydrogen-bond acceptors (Lipinski definition) is 1. The highest BCUT2D eigenvalue weighted by molar-refractivity contribution is 6.09. The summed E-state index contributed by atoms with van der Waals surface area (Å²) in [5, 5.41) is 2.28. The second kappa shape index (κ2) is 16.2. The monoisotopic (exact) mass is 790 g/mol. The van der Waals surface area contributed by atoms with Crippen molar-refractivity contribution >= 4 is 21.9 Å². The van der Waals surface area contributed by atoms with Crippen LogP contribution in [-0.4, -0.2) is 0 Å². The molecule has 0 aliphatic rings. The van der Waals surface area contributed by atoms with Gasteiger partial charge in [0.1, 0.15) is 11.2 Å². The van der Waals surface area contributed by atoms with Gasteiger partial charge in [-0.3, -0.25) is 0 Å². The van der Waals surface area contributed by atoms with Crippen LogP contribution in [0.5, 0.6) is 0 Å². The normalized spacial score (nSPS) is 11.4. The third-order valence-corrected chi connectivity index (χ3v) is 12.3. The molecule has 62 heavy (non-hydrogen) atoms. The van der Waals surface area contributed by atoms with Crippen molar-refractivity contribution in [2.24, 2.45) is 0 Å². The van der Waals surface area contributed by atoms with Crippen LogP contribution in [0.1, 0.15) is 22.6 Å². The first-order valence-electron chi connectivity index (χ1n) is 21.3. The molecule has 0 N–H and O–H groups in total. The molecule has 1 aromatic heterocycles. The Bertz CT molecular complexity index is 3140. The highest BCUT2D eigenvalue weighted by atomic mass is 16.3. The van der Waals surface area contributed by atoms with Crippen molar-refractivity contribution in [1.29, 1.82) is 0 Å². The maximum absolute atomic E-state index is 6.42. The van der Waals surface area contributed by atoms with E-state index in [1.165, 1.54) is 72.3 Å². The van der Waals surface area contributed by atoms with Gasteiger partial charge in [0.2, 0.25) is 0 Å². The van der Waals surface area contributed by atoms with E-state index >= 15 is 0 Å². The molecule has 0 amide bonds. The van der Waals surface area contributed by atoms with Gasteiger partial charge in [-0.25, -0.2) is 0 Å². The van der Waals surface area contributed by atoms with Gasteiger partial charge < -0.3 is 4.42 Å². The van der Waals surface area contributed by atoms with E-state index in [4.69, 9.17) is 4.42 Å². The van der Waals surface area contributed by atoms with Crippen LogP contribution in [0.15, 0.2) is 253 Å². The Labute approximate surface area is 362 Å². The molecular weight excluding hydrogens is 749 g/mol. The maximum Gasteiger partial charge on any atom is 0.143 e. The minimum absolute atomic E-state index is 0.0464. The van der Waals surface area contributed by atoms with E-state index < -0.39 is 0 Å². The van der Waals surface area contributed by atoms with E-state index in [-0.39, 0.29) is 5.92 Å². The second-order valence-corrected chi connectivity index (χ2v) is 16.0. The first-order chi connectivity index (χ1) is 30.7. The highest BCUT2D eigenvalue weighted by Gasteiger charge is 2.19. The minimum Gasteiger partial charge on any atom is -0.455 e. The van der Waals surface area contributed by atoms with Crippen LogP contribution in [0.2, 0.25) is 0 Å². The molecule has 0 spiro atoms. The topological polar surface area (TPSA) is 13.1 Å². The summed E-state index contributed by atoms with van der Waals surface area (Å²) in [6, 6.07) is 89.9. The van der Waals surface area contributed by atoms with Gasteiger partial charge >= 0.3 is 0 Å². The van der Waals surface area contributed by atoms with Gasteiger partial charge in [0, 0.05) is 22.3 Å². The minimum atomic E-state index is 0.0464. The molecule has 0 aliphatic heterocycles. The third kappa shape index (κ3) is 7.21. The Balaban J connectivity index is 0.918. The van der Waals surface area contributed by atoms with E-state index in [1.54, 1.807) is 0 Å². The van der Waals surface area contributed by atoms with Gasteiger partial charge in [-0.05, 0) is 90.0 Å². The van der Waals surface area contributed by atoms with E-state index in [0.717, 1.165) is 33.1 Å². The molecule has 292 valence electrons. The summed E-state index contributed by atoms with van der Waals surface area (Å²) < 4.78 is 6.42. The molecule has 0 saturated carbocycles. The molecule has 0 atom stereocenters. The van der Waals surface area contributed by atoms with Gasteiger partial charge in [-0.1, -0.05) is 237 Å². The lowest BCUT2D eigenvalue weighted by Gasteiger charge is -2.20. The summed E-state index contributed by atoms with van der Waals surface area (Å²) in [5.74, 6) is 0.0464. The third-order valence-electron chi connectivity index (χ3n) is 12.3. The number of benzene rings is 10. The number of furan rings is 1. The molecule has 0 bridgehead atoms.